The lowest BCUT2D eigenvalue weighted by molar-refractivity contribution is -0.115. The number of amides is 1. The number of ketones is 1. The van der Waals surface area contributed by atoms with Crippen molar-refractivity contribution in [3.05, 3.63) is 65.7 Å². The van der Waals surface area contributed by atoms with Crippen LogP contribution in [-0.4, -0.2) is 16.9 Å². The highest BCUT2D eigenvalue weighted by atomic mass is 32.2. The molecule has 2 aromatic carbocycles. The van der Waals surface area contributed by atoms with Crippen molar-refractivity contribution in [3.63, 3.8) is 0 Å². The maximum atomic E-state index is 12.2. The maximum Gasteiger partial charge on any atom is 0.237 e. The number of thioether (sulfide) groups is 1. The van der Waals surface area contributed by atoms with Gasteiger partial charge in [-0.05, 0) is 31.5 Å². The van der Waals surface area contributed by atoms with Crippen LogP contribution in [0.4, 0.5) is 5.69 Å². The Bertz CT molecular complexity index is 655. The molecule has 0 fully saturated rings. The summed E-state index contributed by atoms with van der Waals surface area (Å²) >= 11 is 1.59. The Hall–Kier alpha value is -2.07. The minimum absolute atomic E-state index is 0.0115. The molecule has 0 heterocycles. The molecule has 0 radical (unpaired) electrons. The van der Waals surface area contributed by atoms with Crippen molar-refractivity contribution in [2.24, 2.45) is 0 Å². The van der Waals surface area contributed by atoms with Crippen molar-refractivity contribution in [1.82, 2.24) is 0 Å². The van der Waals surface area contributed by atoms with Gasteiger partial charge in [-0.2, -0.15) is 0 Å². The molecule has 0 unspecified atom stereocenters. The molecule has 0 saturated heterocycles. The van der Waals surface area contributed by atoms with Crippen molar-refractivity contribution in [2.45, 2.75) is 24.9 Å². The van der Waals surface area contributed by atoms with E-state index in [-0.39, 0.29) is 16.9 Å². The number of hydrogen-bond donors (Lipinski definition) is 1. The summed E-state index contributed by atoms with van der Waals surface area (Å²) in [6.45, 7) is 3.40. The highest BCUT2D eigenvalue weighted by Gasteiger charge is 2.14. The lowest BCUT2D eigenvalue weighted by atomic mass is 10.1. The summed E-state index contributed by atoms with van der Waals surface area (Å²) in [4.78, 5) is 23.6. The van der Waals surface area contributed by atoms with Crippen LogP contribution in [0, 0.1) is 0 Å². The second-order valence-electron chi connectivity index (χ2n) is 5.07. The minimum atomic E-state index is -0.166. The van der Waals surface area contributed by atoms with E-state index < -0.39 is 0 Å². The molecule has 0 bridgehead atoms. The Labute approximate surface area is 135 Å². The van der Waals surface area contributed by atoms with Gasteiger partial charge in [-0.1, -0.05) is 42.5 Å². The summed E-state index contributed by atoms with van der Waals surface area (Å²) < 4.78 is 0. The molecule has 2 aromatic rings. The van der Waals surface area contributed by atoms with Crippen molar-refractivity contribution < 1.29 is 9.59 Å². The van der Waals surface area contributed by atoms with Gasteiger partial charge in [-0.15, -0.1) is 11.8 Å². The second kappa shape index (κ2) is 7.80. The van der Waals surface area contributed by atoms with Crippen LogP contribution in [0.2, 0.25) is 0 Å². The van der Waals surface area contributed by atoms with Crippen LogP contribution >= 0.6 is 11.8 Å². The maximum absolute atomic E-state index is 12.2. The lowest BCUT2D eigenvalue weighted by Gasteiger charge is -2.12. The van der Waals surface area contributed by atoms with Crippen molar-refractivity contribution >= 4 is 29.1 Å². The van der Waals surface area contributed by atoms with Gasteiger partial charge in [-0.3, -0.25) is 9.59 Å². The third-order valence-electron chi connectivity index (χ3n) is 3.25. The van der Waals surface area contributed by atoms with Crippen LogP contribution < -0.4 is 5.32 Å². The highest BCUT2D eigenvalue weighted by Crippen LogP contribution is 2.19. The van der Waals surface area contributed by atoms with Crippen LogP contribution in [-0.2, 0) is 10.5 Å². The number of rotatable bonds is 6. The molecule has 0 spiro atoms. The first kappa shape index (κ1) is 16.3. The first-order valence-corrected chi connectivity index (χ1v) is 8.18. The van der Waals surface area contributed by atoms with Crippen LogP contribution in [0.3, 0.4) is 0 Å². The summed E-state index contributed by atoms with van der Waals surface area (Å²) in [5.41, 5.74) is 2.46. The van der Waals surface area contributed by atoms with E-state index in [1.165, 1.54) is 12.5 Å². The molecule has 0 aliphatic rings. The Balaban J connectivity index is 1.91. The molecule has 2 rings (SSSR count). The third kappa shape index (κ3) is 4.74. The molecule has 0 aliphatic heterocycles. The fourth-order valence-electron chi connectivity index (χ4n) is 1.93. The van der Waals surface area contributed by atoms with Crippen LogP contribution in [0.25, 0.3) is 0 Å². The average molecular weight is 313 g/mol. The van der Waals surface area contributed by atoms with Crippen molar-refractivity contribution in [1.29, 1.82) is 0 Å². The van der Waals surface area contributed by atoms with E-state index >= 15 is 0 Å². The Morgan fingerprint density at radius 1 is 1.09 bits per heavy atom. The monoisotopic (exact) mass is 313 g/mol. The van der Waals surface area contributed by atoms with Crippen LogP contribution in [0.15, 0.2) is 54.6 Å². The quantitative estimate of drug-likeness (QED) is 0.815. The fraction of sp³-hybridized carbons (Fsp3) is 0.222. The zero-order chi connectivity index (χ0) is 15.9. The van der Waals surface area contributed by atoms with Crippen LogP contribution in [0.1, 0.15) is 29.8 Å². The average Bonchev–Trinajstić information content (AvgIpc) is 2.53. The fourth-order valence-corrected chi connectivity index (χ4v) is 2.78. The third-order valence-corrected chi connectivity index (χ3v) is 4.46. The Kier molecular flexibility index (Phi) is 5.78. The number of carbonyl (C=O) groups is 2. The zero-order valence-electron chi connectivity index (χ0n) is 12.7. The van der Waals surface area contributed by atoms with Gasteiger partial charge < -0.3 is 5.32 Å². The van der Waals surface area contributed by atoms with E-state index in [0.717, 1.165) is 5.75 Å². The Morgan fingerprint density at radius 2 is 1.82 bits per heavy atom. The topological polar surface area (TPSA) is 46.2 Å². The predicted molar refractivity (Wildman–Crippen MR) is 92.3 cm³/mol. The normalized spacial score (nSPS) is 11.7. The molecular formula is C18H19NO2S. The molecule has 1 amide bonds. The molecule has 3 nitrogen and oxygen atoms in total. The first-order valence-electron chi connectivity index (χ1n) is 7.13. The van der Waals surface area contributed by atoms with Gasteiger partial charge >= 0.3 is 0 Å². The zero-order valence-corrected chi connectivity index (χ0v) is 13.5. The molecule has 114 valence electrons. The van der Waals surface area contributed by atoms with E-state index in [1.54, 1.807) is 36.0 Å². The number of nitrogens with one attached hydrogen (secondary N) is 1. The lowest BCUT2D eigenvalue weighted by Crippen LogP contribution is -2.22. The summed E-state index contributed by atoms with van der Waals surface area (Å²) in [7, 11) is 0. The van der Waals surface area contributed by atoms with Gasteiger partial charge in [0.15, 0.2) is 5.78 Å². The summed E-state index contributed by atoms with van der Waals surface area (Å²) in [5.74, 6) is 0.729. The van der Waals surface area contributed by atoms with Crippen molar-refractivity contribution in [3.8, 4) is 0 Å². The number of Topliss-reactive ketones (excluding diaryl/α,β-unsaturated/α-hetero) is 1. The molecule has 1 N–H and O–H groups in total. The van der Waals surface area contributed by atoms with E-state index in [9.17, 15) is 9.59 Å². The number of hydrogen-bond acceptors (Lipinski definition) is 3. The second-order valence-corrected chi connectivity index (χ2v) is 6.39. The number of benzene rings is 2. The van der Waals surface area contributed by atoms with E-state index in [4.69, 9.17) is 0 Å². The molecule has 4 heteroatoms. The number of anilines is 1. The van der Waals surface area contributed by atoms with Gasteiger partial charge in [0.1, 0.15) is 0 Å². The van der Waals surface area contributed by atoms with Gasteiger partial charge in [0, 0.05) is 17.0 Å². The largest absolute Gasteiger partial charge is 0.325 e. The molecular weight excluding hydrogens is 294 g/mol. The van der Waals surface area contributed by atoms with Gasteiger partial charge in [0.05, 0.1) is 5.25 Å². The predicted octanol–water partition coefficient (Wildman–Crippen LogP) is 4.15. The van der Waals surface area contributed by atoms with E-state index in [0.29, 0.717) is 11.3 Å². The van der Waals surface area contributed by atoms with Crippen LogP contribution in [0.5, 0.6) is 0 Å². The summed E-state index contributed by atoms with van der Waals surface area (Å²) in [6, 6.07) is 17.1. The SMILES string of the molecule is CC(=O)c1cccc(NC(=O)[C@H](C)SCc2ccccc2)c1. The van der Waals surface area contributed by atoms with E-state index in [2.05, 4.69) is 5.32 Å². The standard InChI is InChI=1S/C18H19NO2S/c1-13(20)16-9-6-10-17(11-16)19-18(21)14(2)22-12-15-7-4-3-5-8-15/h3-11,14H,12H2,1-2H3,(H,19,21)/t14-/m0/s1. The first-order chi connectivity index (χ1) is 10.6. The smallest absolute Gasteiger partial charge is 0.237 e. The Morgan fingerprint density at radius 3 is 2.50 bits per heavy atom. The highest BCUT2D eigenvalue weighted by molar-refractivity contribution is 7.99. The van der Waals surface area contributed by atoms with Gasteiger partial charge in [-0.25, -0.2) is 0 Å². The molecule has 0 aromatic heterocycles. The number of carbonyl (C=O) groups excluding carboxylic acids is 2. The molecule has 0 saturated carbocycles. The molecule has 1 atom stereocenters. The summed E-state index contributed by atoms with van der Waals surface area (Å²) in [5, 5.41) is 2.70. The molecule has 0 aliphatic carbocycles. The van der Waals surface area contributed by atoms with E-state index in [1.807, 2.05) is 37.3 Å². The minimum Gasteiger partial charge on any atom is -0.325 e. The van der Waals surface area contributed by atoms with Gasteiger partial charge in [0.2, 0.25) is 5.91 Å². The van der Waals surface area contributed by atoms with Crippen molar-refractivity contribution in [2.75, 3.05) is 5.32 Å². The summed E-state index contributed by atoms with van der Waals surface area (Å²) in [6.07, 6.45) is 0. The molecule has 22 heavy (non-hydrogen) atoms. The van der Waals surface area contributed by atoms with Gasteiger partial charge in [0.25, 0.3) is 0 Å².